The number of alkyl halides is 2. The third-order valence-electron chi connectivity index (χ3n) is 4.01. The summed E-state index contributed by atoms with van der Waals surface area (Å²) in [6.45, 7) is 4.13. The Morgan fingerprint density at radius 3 is 2.80 bits per heavy atom. The first-order valence-corrected chi connectivity index (χ1v) is 8.36. The molecule has 0 radical (unpaired) electrons. The average Bonchev–Trinajstić information content (AvgIpc) is 3.22. The number of nitrogens with zero attached hydrogens (tertiary/aromatic N) is 2. The highest BCUT2D eigenvalue weighted by Gasteiger charge is 2.40. The standard InChI is InChI=1S/C18H27F2N3O2/c1-18(2,12-22(3)4)11-21-16(24)15-10-23(15)9-13-6-5-7-14(8-13)25-17(19)20/h5-8,15,17H,9-12H2,1-4H3,(H,21,24). The number of halogens is 2. The van der Waals surface area contributed by atoms with Gasteiger partial charge in [-0.15, -0.1) is 0 Å². The van der Waals surface area contributed by atoms with E-state index in [-0.39, 0.29) is 23.1 Å². The Morgan fingerprint density at radius 1 is 1.44 bits per heavy atom. The summed E-state index contributed by atoms with van der Waals surface area (Å²) in [5.74, 6) is 0.160. The molecule has 1 fully saturated rings. The molecule has 1 saturated heterocycles. The lowest BCUT2D eigenvalue weighted by molar-refractivity contribution is -0.121. The number of carbonyl (C=O) groups excluding carboxylic acids is 1. The summed E-state index contributed by atoms with van der Waals surface area (Å²) in [5.41, 5.74) is 0.848. The summed E-state index contributed by atoms with van der Waals surface area (Å²) in [7, 11) is 4.02. The first-order valence-electron chi connectivity index (χ1n) is 8.36. The maximum absolute atomic E-state index is 12.3. The van der Waals surface area contributed by atoms with Crippen molar-refractivity contribution in [2.24, 2.45) is 5.41 Å². The van der Waals surface area contributed by atoms with Crippen LogP contribution in [0.4, 0.5) is 8.78 Å². The predicted octanol–water partition coefficient (Wildman–Crippen LogP) is 2.18. The zero-order valence-corrected chi connectivity index (χ0v) is 15.3. The minimum atomic E-state index is -2.83. The number of hydrogen-bond acceptors (Lipinski definition) is 4. The molecule has 0 spiro atoms. The molecule has 5 nitrogen and oxygen atoms in total. The Balaban J connectivity index is 1.79. The van der Waals surface area contributed by atoms with Gasteiger partial charge in [0, 0.05) is 26.2 Å². The van der Waals surface area contributed by atoms with E-state index in [9.17, 15) is 13.6 Å². The summed E-state index contributed by atoms with van der Waals surface area (Å²) in [6, 6.07) is 6.45. The average molecular weight is 355 g/mol. The second kappa shape index (κ2) is 8.10. The topological polar surface area (TPSA) is 44.6 Å². The van der Waals surface area contributed by atoms with Crippen molar-refractivity contribution in [3.05, 3.63) is 29.8 Å². The quantitative estimate of drug-likeness (QED) is 0.690. The number of carbonyl (C=O) groups is 1. The van der Waals surface area contributed by atoms with Gasteiger partial charge < -0.3 is 15.0 Å². The molecule has 1 aliphatic rings. The van der Waals surface area contributed by atoms with Crippen LogP contribution in [0.15, 0.2) is 24.3 Å². The molecule has 1 aromatic rings. The third-order valence-corrected chi connectivity index (χ3v) is 4.01. The molecule has 1 heterocycles. The Labute approximate surface area is 147 Å². The van der Waals surface area contributed by atoms with E-state index in [1.165, 1.54) is 6.07 Å². The molecule has 2 atom stereocenters. The fourth-order valence-electron chi connectivity index (χ4n) is 3.01. The molecule has 2 rings (SSSR count). The van der Waals surface area contributed by atoms with Gasteiger partial charge in [-0.25, -0.2) is 0 Å². The van der Waals surface area contributed by atoms with Crippen molar-refractivity contribution >= 4 is 5.91 Å². The molecule has 1 N–H and O–H groups in total. The Bertz CT molecular complexity index is 593. The van der Waals surface area contributed by atoms with Crippen LogP contribution in [0.5, 0.6) is 5.75 Å². The summed E-state index contributed by atoms with van der Waals surface area (Å²) in [6.07, 6.45) is 0. The first-order chi connectivity index (χ1) is 11.7. The van der Waals surface area contributed by atoms with Crippen LogP contribution < -0.4 is 10.1 Å². The Kier molecular flexibility index (Phi) is 6.35. The summed E-state index contributed by atoms with van der Waals surface area (Å²) in [5, 5.41) is 3.01. The molecule has 0 saturated carbocycles. The second-order valence-corrected chi connectivity index (χ2v) is 7.59. The largest absolute Gasteiger partial charge is 0.435 e. The fourth-order valence-corrected chi connectivity index (χ4v) is 3.01. The molecule has 0 bridgehead atoms. The van der Waals surface area contributed by atoms with Crippen LogP contribution in [0.25, 0.3) is 0 Å². The molecule has 1 aliphatic heterocycles. The van der Waals surface area contributed by atoms with Gasteiger partial charge in [0.2, 0.25) is 5.91 Å². The summed E-state index contributed by atoms with van der Waals surface area (Å²) >= 11 is 0. The maximum atomic E-state index is 12.3. The Morgan fingerprint density at radius 2 is 2.16 bits per heavy atom. The van der Waals surface area contributed by atoms with Gasteiger partial charge >= 0.3 is 6.61 Å². The lowest BCUT2D eigenvalue weighted by Crippen LogP contribution is -2.41. The molecule has 1 amide bonds. The van der Waals surface area contributed by atoms with Crippen LogP contribution in [0.3, 0.4) is 0 Å². The van der Waals surface area contributed by atoms with Crippen LogP contribution in [0, 0.1) is 5.41 Å². The van der Waals surface area contributed by atoms with Gasteiger partial charge in [0.1, 0.15) is 11.8 Å². The van der Waals surface area contributed by atoms with Crippen molar-refractivity contribution in [1.82, 2.24) is 15.1 Å². The summed E-state index contributed by atoms with van der Waals surface area (Å²) in [4.78, 5) is 16.4. The Hall–Kier alpha value is -1.73. The van der Waals surface area contributed by atoms with Crippen molar-refractivity contribution in [1.29, 1.82) is 0 Å². The number of nitrogens with one attached hydrogen (secondary N) is 1. The third kappa shape index (κ3) is 6.59. The molecule has 2 unspecified atom stereocenters. The molecular weight excluding hydrogens is 328 g/mol. The first kappa shape index (κ1) is 19.6. The molecule has 0 aliphatic carbocycles. The zero-order chi connectivity index (χ0) is 18.6. The van der Waals surface area contributed by atoms with Crippen molar-refractivity contribution in [2.45, 2.75) is 33.0 Å². The number of amides is 1. The number of hydrogen-bond donors (Lipinski definition) is 1. The van der Waals surface area contributed by atoms with Crippen LogP contribution in [-0.2, 0) is 11.3 Å². The number of rotatable bonds is 9. The van der Waals surface area contributed by atoms with E-state index < -0.39 is 6.61 Å². The van der Waals surface area contributed by atoms with Gasteiger partial charge in [-0.1, -0.05) is 26.0 Å². The normalized spacial score (nSPS) is 20.0. The van der Waals surface area contributed by atoms with Crippen LogP contribution in [0.1, 0.15) is 19.4 Å². The molecule has 7 heteroatoms. The van der Waals surface area contributed by atoms with Gasteiger partial charge in [-0.05, 0) is 37.2 Å². The minimum absolute atomic E-state index is 0.000176. The van der Waals surface area contributed by atoms with E-state index in [0.29, 0.717) is 19.6 Å². The molecule has 140 valence electrons. The van der Waals surface area contributed by atoms with Gasteiger partial charge in [-0.2, -0.15) is 8.78 Å². The van der Waals surface area contributed by atoms with E-state index in [0.717, 1.165) is 12.1 Å². The zero-order valence-electron chi connectivity index (χ0n) is 15.3. The van der Waals surface area contributed by atoms with Gasteiger partial charge in [0.25, 0.3) is 0 Å². The van der Waals surface area contributed by atoms with E-state index in [4.69, 9.17) is 0 Å². The van der Waals surface area contributed by atoms with Crippen LogP contribution >= 0.6 is 0 Å². The van der Waals surface area contributed by atoms with Crippen molar-refractivity contribution in [2.75, 3.05) is 33.7 Å². The van der Waals surface area contributed by atoms with Crippen molar-refractivity contribution in [3.8, 4) is 5.75 Å². The van der Waals surface area contributed by atoms with Crippen LogP contribution in [-0.4, -0.2) is 62.1 Å². The molecule has 25 heavy (non-hydrogen) atoms. The molecule has 0 aromatic heterocycles. The second-order valence-electron chi connectivity index (χ2n) is 7.59. The highest BCUT2D eigenvalue weighted by molar-refractivity contribution is 5.84. The van der Waals surface area contributed by atoms with E-state index in [1.807, 2.05) is 25.1 Å². The van der Waals surface area contributed by atoms with Gasteiger partial charge in [0.05, 0.1) is 0 Å². The predicted molar refractivity (Wildman–Crippen MR) is 92.6 cm³/mol. The molecular formula is C18H27F2N3O2. The lowest BCUT2D eigenvalue weighted by Gasteiger charge is -2.28. The van der Waals surface area contributed by atoms with E-state index >= 15 is 0 Å². The summed E-state index contributed by atoms with van der Waals surface area (Å²) < 4.78 is 28.9. The highest BCUT2D eigenvalue weighted by Crippen LogP contribution is 2.24. The monoisotopic (exact) mass is 355 g/mol. The van der Waals surface area contributed by atoms with Crippen molar-refractivity contribution in [3.63, 3.8) is 0 Å². The van der Waals surface area contributed by atoms with Gasteiger partial charge in [0.15, 0.2) is 0 Å². The maximum Gasteiger partial charge on any atom is 0.387 e. The minimum Gasteiger partial charge on any atom is -0.435 e. The number of benzene rings is 1. The van der Waals surface area contributed by atoms with Crippen molar-refractivity contribution < 1.29 is 18.3 Å². The highest BCUT2D eigenvalue weighted by atomic mass is 19.3. The van der Waals surface area contributed by atoms with Gasteiger partial charge in [-0.3, -0.25) is 9.69 Å². The van der Waals surface area contributed by atoms with E-state index in [1.54, 1.807) is 12.1 Å². The molecule has 1 aromatic carbocycles. The SMILES string of the molecule is CN(C)CC(C)(C)CNC(=O)C1CN1Cc1cccc(OC(F)F)c1. The number of ether oxygens (including phenoxy) is 1. The van der Waals surface area contributed by atoms with E-state index in [2.05, 4.69) is 28.8 Å². The fraction of sp³-hybridized carbons (Fsp3) is 0.611. The van der Waals surface area contributed by atoms with Crippen LogP contribution in [0.2, 0.25) is 0 Å². The lowest BCUT2D eigenvalue weighted by atomic mass is 9.93. The smallest absolute Gasteiger partial charge is 0.387 e.